The van der Waals surface area contributed by atoms with Crippen LogP contribution in [0.1, 0.15) is 10.4 Å². The predicted molar refractivity (Wildman–Crippen MR) is 66.1 cm³/mol. The van der Waals surface area contributed by atoms with E-state index < -0.39 is 11.8 Å². The van der Waals surface area contributed by atoms with Crippen LogP contribution in [0.4, 0.5) is 10.2 Å². The third-order valence-corrected chi connectivity index (χ3v) is 2.54. The summed E-state index contributed by atoms with van der Waals surface area (Å²) in [5.74, 6) is -1.26. The Morgan fingerprint density at radius 1 is 1.39 bits per heavy atom. The average molecular weight is 246 g/mol. The van der Waals surface area contributed by atoms with Crippen LogP contribution in [0.3, 0.4) is 0 Å². The quantitative estimate of drug-likeness (QED) is 0.873. The summed E-state index contributed by atoms with van der Waals surface area (Å²) >= 11 is 0. The van der Waals surface area contributed by atoms with Gasteiger partial charge in [0.2, 0.25) is 0 Å². The lowest BCUT2D eigenvalue weighted by atomic mass is 10.0. The van der Waals surface area contributed by atoms with Crippen LogP contribution in [0.15, 0.2) is 36.5 Å². The first-order valence-electron chi connectivity index (χ1n) is 5.29. The first-order valence-corrected chi connectivity index (χ1v) is 5.29. The number of halogens is 1. The van der Waals surface area contributed by atoms with Crippen LogP contribution in [-0.2, 0) is 0 Å². The summed E-state index contributed by atoms with van der Waals surface area (Å²) in [6.45, 7) is 0. The number of hydrogen-bond acceptors (Lipinski definition) is 3. The molecule has 1 aromatic carbocycles. The van der Waals surface area contributed by atoms with Crippen LogP contribution in [0.5, 0.6) is 0 Å². The van der Waals surface area contributed by atoms with Crippen molar-refractivity contribution in [1.29, 1.82) is 0 Å². The number of anilines is 1. The number of carboxylic acids is 1. The molecule has 0 radical (unpaired) electrons. The molecule has 0 bridgehead atoms. The van der Waals surface area contributed by atoms with Crippen LogP contribution in [0, 0.1) is 5.82 Å². The fourth-order valence-electron chi connectivity index (χ4n) is 1.76. The summed E-state index contributed by atoms with van der Waals surface area (Å²) in [5.41, 5.74) is 0.971. The smallest absolute Gasteiger partial charge is 0.340 e. The maximum absolute atomic E-state index is 13.2. The number of carboxylic acid groups (broad SMARTS) is 1. The van der Waals surface area contributed by atoms with E-state index in [1.807, 2.05) is 0 Å². The Morgan fingerprint density at radius 2 is 2.17 bits per heavy atom. The summed E-state index contributed by atoms with van der Waals surface area (Å²) < 4.78 is 13.2. The molecule has 1 heterocycles. The topological polar surface area (TPSA) is 62.2 Å². The molecule has 0 atom stereocenters. The van der Waals surface area contributed by atoms with Gasteiger partial charge in [-0.3, -0.25) is 0 Å². The van der Waals surface area contributed by atoms with E-state index in [2.05, 4.69) is 10.3 Å². The molecule has 0 aliphatic carbocycles. The Kier molecular flexibility index (Phi) is 3.23. The van der Waals surface area contributed by atoms with Crippen molar-refractivity contribution in [2.45, 2.75) is 0 Å². The van der Waals surface area contributed by atoms with Gasteiger partial charge in [0.15, 0.2) is 0 Å². The number of aromatic carboxylic acids is 1. The number of nitrogens with one attached hydrogen (secondary N) is 1. The van der Waals surface area contributed by atoms with E-state index in [1.54, 1.807) is 19.2 Å². The molecule has 0 saturated heterocycles. The molecular formula is C13H11FN2O2. The minimum absolute atomic E-state index is 0.0330. The van der Waals surface area contributed by atoms with Crippen molar-refractivity contribution in [2.75, 3.05) is 12.4 Å². The molecule has 0 spiro atoms. The van der Waals surface area contributed by atoms with Crippen molar-refractivity contribution >= 4 is 11.8 Å². The van der Waals surface area contributed by atoms with E-state index >= 15 is 0 Å². The molecule has 0 aliphatic rings. The summed E-state index contributed by atoms with van der Waals surface area (Å²) in [4.78, 5) is 15.2. The lowest BCUT2D eigenvalue weighted by Crippen LogP contribution is -2.07. The van der Waals surface area contributed by atoms with Crippen LogP contribution >= 0.6 is 0 Å². The number of hydrogen-bond donors (Lipinski definition) is 2. The van der Waals surface area contributed by atoms with Gasteiger partial charge in [-0.2, -0.15) is 0 Å². The molecule has 92 valence electrons. The van der Waals surface area contributed by atoms with Gasteiger partial charge in [0.1, 0.15) is 17.2 Å². The fraction of sp³-hybridized carbons (Fsp3) is 0.0769. The van der Waals surface area contributed by atoms with E-state index in [4.69, 9.17) is 0 Å². The van der Waals surface area contributed by atoms with Gasteiger partial charge in [-0.25, -0.2) is 14.2 Å². The molecule has 5 heteroatoms. The predicted octanol–water partition coefficient (Wildman–Crippen LogP) is 2.63. The Hall–Kier alpha value is -2.43. The molecule has 2 rings (SSSR count). The van der Waals surface area contributed by atoms with Gasteiger partial charge in [-0.05, 0) is 23.8 Å². The molecule has 0 aliphatic heterocycles. The van der Waals surface area contributed by atoms with E-state index in [0.29, 0.717) is 11.1 Å². The molecule has 2 aromatic rings. The van der Waals surface area contributed by atoms with E-state index in [1.165, 1.54) is 24.4 Å². The Bertz CT molecular complexity index is 599. The molecule has 0 amide bonds. The van der Waals surface area contributed by atoms with Crippen molar-refractivity contribution in [3.8, 4) is 11.1 Å². The molecule has 18 heavy (non-hydrogen) atoms. The van der Waals surface area contributed by atoms with Crippen LogP contribution < -0.4 is 5.32 Å². The lowest BCUT2D eigenvalue weighted by molar-refractivity contribution is 0.0698. The van der Waals surface area contributed by atoms with Gasteiger partial charge in [0, 0.05) is 18.8 Å². The first kappa shape index (κ1) is 12.0. The second-order valence-electron chi connectivity index (χ2n) is 3.65. The summed E-state index contributed by atoms with van der Waals surface area (Å²) in [6.07, 6.45) is 1.48. The molecular weight excluding hydrogens is 235 g/mol. The lowest BCUT2D eigenvalue weighted by Gasteiger charge is -2.10. The van der Waals surface area contributed by atoms with Gasteiger partial charge >= 0.3 is 5.97 Å². The van der Waals surface area contributed by atoms with Crippen molar-refractivity contribution < 1.29 is 14.3 Å². The van der Waals surface area contributed by atoms with Gasteiger partial charge in [0.25, 0.3) is 0 Å². The standard InChI is InChI=1S/C13H11FN2O2/c1-15-12-11(13(17)18)10(5-6-16-12)8-3-2-4-9(14)7-8/h2-7H,1H3,(H,15,16)(H,17,18). The maximum atomic E-state index is 13.2. The molecule has 2 N–H and O–H groups in total. The van der Waals surface area contributed by atoms with Gasteiger partial charge in [-0.1, -0.05) is 12.1 Å². The molecule has 0 unspecified atom stereocenters. The van der Waals surface area contributed by atoms with Crippen LogP contribution in [0.2, 0.25) is 0 Å². The zero-order chi connectivity index (χ0) is 13.1. The minimum atomic E-state index is -1.10. The highest BCUT2D eigenvalue weighted by Crippen LogP contribution is 2.28. The van der Waals surface area contributed by atoms with Crippen molar-refractivity contribution in [2.24, 2.45) is 0 Å². The highest BCUT2D eigenvalue weighted by atomic mass is 19.1. The first-order chi connectivity index (χ1) is 8.63. The molecule has 4 nitrogen and oxygen atoms in total. The third kappa shape index (κ3) is 2.15. The van der Waals surface area contributed by atoms with E-state index in [-0.39, 0.29) is 11.4 Å². The number of benzene rings is 1. The number of pyridine rings is 1. The summed E-state index contributed by atoms with van der Waals surface area (Å²) in [5, 5.41) is 12.0. The van der Waals surface area contributed by atoms with E-state index in [9.17, 15) is 14.3 Å². The second kappa shape index (κ2) is 4.83. The monoisotopic (exact) mass is 246 g/mol. The molecule has 1 aromatic heterocycles. The van der Waals surface area contributed by atoms with Crippen LogP contribution in [0.25, 0.3) is 11.1 Å². The second-order valence-corrected chi connectivity index (χ2v) is 3.65. The maximum Gasteiger partial charge on any atom is 0.340 e. The molecule has 0 saturated carbocycles. The van der Waals surface area contributed by atoms with E-state index in [0.717, 1.165) is 0 Å². The SMILES string of the molecule is CNc1nccc(-c2cccc(F)c2)c1C(=O)O. The van der Waals surface area contributed by atoms with Gasteiger partial charge < -0.3 is 10.4 Å². The third-order valence-electron chi connectivity index (χ3n) is 2.54. The van der Waals surface area contributed by atoms with Gasteiger partial charge in [0.05, 0.1) is 0 Å². The summed E-state index contributed by atoms with van der Waals surface area (Å²) in [6, 6.07) is 7.35. The molecule has 0 fully saturated rings. The summed E-state index contributed by atoms with van der Waals surface area (Å²) in [7, 11) is 1.59. The zero-order valence-corrected chi connectivity index (χ0v) is 9.64. The van der Waals surface area contributed by atoms with Crippen molar-refractivity contribution in [3.63, 3.8) is 0 Å². The highest BCUT2D eigenvalue weighted by molar-refractivity contribution is 6.00. The number of aromatic nitrogens is 1. The Labute approximate surface area is 103 Å². The van der Waals surface area contributed by atoms with Crippen molar-refractivity contribution in [1.82, 2.24) is 4.98 Å². The number of nitrogens with zero attached hydrogens (tertiary/aromatic N) is 1. The van der Waals surface area contributed by atoms with Gasteiger partial charge in [-0.15, -0.1) is 0 Å². The van der Waals surface area contributed by atoms with Crippen LogP contribution in [-0.4, -0.2) is 23.1 Å². The number of rotatable bonds is 3. The number of carbonyl (C=O) groups is 1. The fourth-order valence-corrected chi connectivity index (χ4v) is 1.76. The zero-order valence-electron chi connectivity index (χ0n) is 9.64. The largest absolute Gasteiger partial charge is 0.478 e. The average Bonchev–Trinajstić information content (AvgIpc) is 2.37. The van der Waals surface area contributed by atoms with Crippen molar-refractivity contribution in [3.05, 3.63) is 47.9 Å². The Balaban J connectivity index is 2.67. The highest BCUT2D eigenvalue weighted by Gasteiger charge is 2.17. The Morgan fingerprint density at radius 3 is 2.78 bits per heavy atom. The minimum Gasteiger partial charge on any atom is -0.478 e. The normalized spacial score (nSPS) is 10.1.